The molecule has 0 spiro atoms. The van der Waals surface area contributed by atoms with Crippen LogP contribution in [-0.4, -0.2) is 140 Å². The van der Waals surface area contributed by atoms with Gasteiger partial charge in [0.15, 0.2) is 17.4 Å². The molecular weight excluding hydrogens is 262 g/mol. The van der Waals surface area contributed by atoms with Crippen molar-refractivity contribution >= 4 is 123 Å². The van der Waals surface area contributed by atoms with Crippen LogP contribution in [0.3, 0.4) is 0 Å². The molecule has 0 saturated heterocycles. The van der Waals surface area contributed by atoms with Crippen molar-refractivity contribution in [3.8, 4) is 0 Å². The Balaban J connectivity index is -0.0000000221. The molecule has 0 fully saturated rings. The Morgan fingerprint density at radius 1 is 1.08 bits per heavy atom. The normalized spacial score (nSPS) is 6.83. The van der Waals surface area contributed by atoms with Gasteiger partial charge in [-0.3, -0.25) is 9.11 Å². The van der Waals surface area contributed by atoms with Crippen LogP contribution >= 0.6 is 0 Å². The van der Waals surface area contributed by atoms with Gasteiger partial charge < -0.3 is 10.2 Å². The van der Waals surface area contributed by atoms with Crippen LogP contribution in [0.5, 0.6) is 0 Å². The summed E-state index contributed by atoms with van der Waals surface area (Å²) in [5.74, 6) is 0. The zero-order chi connectivity index (χ0) is 8.08. The Hall–Kier alpha value is 2.57. The molecule has 0 aromatic heterocycles. The molecule has 4 N–H and O–H groups in total. The molecule has 68 valence electrons. The van der Waals surface area contributed by atoms with Gasteiger partial charge in [-0.25, -0.2) is 4.79 Å². The first-order valence-corrected chi connectivity index (χ1v) is 2.75. The topological polar surface area (TPSA) is 132 Å². The molecule has 0 amide bonds. The zero-order valence-electron chi connectivity index (χ0n) is 3.92. The second kappa shape index (κ2) is 16.0. The van der Waals surface area contributed by atoms with Gasteiger partial charge in [0, 0.05) is 0 Å². The fraction of sp³-hybridized carbons (Fsp3) is 0. The summed E-state index contributed by atoms with van der Waals surface area (Å²) in [5.41, 5.74) is 0. The molecule has 7 nitrogen and oxygen atoms in total. The molecule has 0 aromatic carbocycles. The third-order valence-corrected chi connectivity index (χ3v) is 0. The van der Waals surface area contributed by atoms with E-state index in [1.54, 1.807) is 0 Å². The van der Waals surface area contributed by atoms with Crippen molar-refractivity contribution in [2.75, 3.05) is 0 Å². The Bertz CT molecular complexity index is 166. The van der Waals surface area contributed by atoms with Crippen molar-refractivity contribution < 1.29 is 32.5 Å². The molecule has 12 heavy (non-hydrogen) atoms. The fourth-order valence-corrected chi connectivity index (χ4v) is 0. The van der Waals surface area contributed by atoms with Crippen molar-refractivity contribution in [2.45, 2.75) is 0 Å². The van der Waals surface area contributed by atoms with Crippen molar-refractivity contribution in [1.82, 2.24) is 0 Å². The van der Waals surface area contributed by atoms with E-state index in [4.69, 9.17) is 32.5 Å². The van der Waals surface area contributed by atoms with E-state index in [0.717, 1.165) is 0 Å². The van der Waals surface area contributed by atoms with Crippen LogP contribution in [-0.2, 0) is 10.4 Å². The molecule has 0 bridgehead atoms. The van der Waals surface area contributed by atoms with Gasteiger partial charge in [0.05, 0.1) is 0 Å². The quantitative estimate of drug-likeness (QED) is 0.270. The maximum atomic E-state index is 8.74. The molecule has 0 aliphatic rings. The Labute approximate surface area is 152 Å². The van der Waals surface area contributed by atoms with Crippen molar-refractivity contribution in [3.05, 3.63) is 0 Å². The molecule has 0 aliphatic carbocycles. The number of carbonyl (C=O) groups is 1. The van der Waals surface area contributed by atoms with Crippen LogP contribution in [0.2, 0.25) is 0 Å². The molecule has 11 heteroatoms. The van der Waals surface area contributed by atoms with Gasteiger partial charge in [0.25, 0.3) is 0 Å². The van der Waals surface area contributed by atoms with Crippen LogP contribution < -0.4 is 0 Å². The molecule has 0 atom stereocenters. The van der Waals surface area contributed by atoms with Crippen molar-refractivity contribution in [3.63, 3.8) is 0 Å². The number of hydrogen-bond acceptors (Lipinski definition) is 3. The van der Waals surface area contributed by atoms with Gasteiger partial charge in [0.2, 0.25) is 0 Å². The van der Waals surface area contributed by atoms with Gasteiger partial charge in [0.1, 0.15) is 0 Å². The maximum absolute atomic E-state index is 8.74. The van der Waals surface area contributed by atoms with Gasteiger partial charge in [-0.1, -0.05) is 0 Å². The third kappa shape index (κ3) is 255. The average Bonchev–Trinajstić information content (AvgIpc) is 1.19. The summed E-state index contributed by atoms with van der Waals surface area (Å²) in [5, 5.41) is 13.9. The summed E-state index contributed by atoms with van der Waals surface area (Å²) < 4.78 is 31.6. The molecule has 0 aliphatic heterocycles. The monoisotopic (exact) mass is 272 g/mol. The van der Waals surface area contributed by atoms with E-state index in [1.165, 1.54) is 0 Å². The predicted octanol–water partition coefficient (Wildman–Crippen LogP) is -3.18. The Kier molecular flexibility index (Phi) is 39.1. The van der Waals surface area contributed by atoms with Crippen LogP contribution in [0.1, 0.15) is 0 Å². The van der Waals surface area contributed by atoms with Crippen LogP contribution in [0.25, 0.3) is 0 Å². The van der Waals surface area contributed by atoms with Crippen LogP contribution in [0.4, 0.5) is 4.79 Å². The second-order valence-electron chi connectivity index (χ2n) is 0.730. The zero-order valence-corrected chi connectivity index (χ0v) is 4.74. The van der Waals surface area contributed by atoms with Gasteiger partial charge in [-0.2, -0.15) is 8.42 Å². The molecule has 0 aromatic rings. The minimum absolute atomic E-state index is 0. The van der Waals surface area contributed by atoms with Crippen LogP contribution in [0.15, 0.2) is 0 Å². The molecule has 0 radical (unpaired) electrons. The summed E-state index contributed by atoms with van der Waals surface area (Å²) in [6, 6.07) is 0. The number of carboxylic acid groups (broad SMARTS) is 2. The average molecular weight is 272 g/mol. The second-order valence-corrected chi connectivity index (χ2v) is 1.63. The van der Waals surface area contributed by atoms with Crippen molar-refractivity contribution in [2.24, 2.45) is 0 Å². The first kappa shape index (κ1) is 29.3. The summed E-state index contributed by atoms with van der Waals surface area (Å²) in [4.78, 5) is 8.56. The van der Waals surface area contributed by atoms with E-state index in [-0.39, 0.29) is 106 Å². The summed E-state index contributed by atoms with van der Waals surface area (Å²) >= 11 is 0. The minimum atomic E-state index is -4.67. The Morgan fingerprint density at radius 2 is 1.08 bits per heavy atom. The summed E-state index contributed by atoms with van der Waals surface area (Å²) in [7, 11) is -4.67. The van der Waals surface area contributed by atoms with Gasteiger partial charge in [-0.15, -0.1) is 0 Å². The molecule has 0 saturated carbocycles. The van der Waals surface area contributed by atoms with Gasteiger partial charge in [-0.05, 0) is 0 Å². The molecule has 0 rings (SSSR count). The number of hydrogen-bond donors (Lipinski definition) is 4. The van der Waals surface area contributed by atoms with E-state index >= 15 is 0 Å². The predicted molar refractivity (Wildman–Crippen MR) is 50.5 cm³/mol. The van der Waals surface area contributed by atoms with Gasteiger partial charge >= 0.3 is 106 Å². The van der Waals surface area contributed by atoms with E-state index in [2.05, 4.69) is 0 Å². The van der Waals surface area contributed by atoms with E-state index in [0.29, 0.717) is 0 Å². The van der Waals surface area contributed by atoms with Crippen LogP contribution in [0, 0.1) is 0 Å². The summed E-state index contributed by atoms with van der Waals surface area (Å²) in [6.07, 6.45) is -1.83. The van der Waals surface area contributed by atoms with E-state index in [1.807, 2.05) is 0 Å². The third-order valence-electron chi connectivity index (χ3n) is 0. The molecule has 0 heterocycles. The number of rotatable bonds is 0. The fourth-order valence-electron chi connectivity index (χ4n) is 0. The standard InChI is InChI=1S/CH2O3.Al.Ca.K.H2O4S.6H/c2-1(3)4;;;;1-5(2,3)4;;;;;;/h(H2,2,3,4);;;;(H2,1,2,3,4);;;;;;. The molecule has 0 unspecified atom stereocenters. The van der Waals surface area contributed by atoms with Crippen molar-refractivity contribution in [1.29, 1.82) is 0 Å². The van der Waals surface area contributed by atoms with E-state index < -0.39 is 16.6 Å². The first-order valence-electron chi connectivity index (χ1n) is 1.35. The molecular formula is CH10AlCaKO7S. The first-order chi connectivity index (χ1) is 3.73. The van der Waals surface area contributed by atoms with E-state index in [9.17, 15) is 0 Å². The Morgan fingerprint density at radius 3 is 1.08 bits per heavy atom. The SMILES string of the molecule is O=C(O)O.O=S(=O)(O)O.[AlH3].[CaH2].[KH]. The summed E-state index contributed by atoms with van der Waals surface area (Å²) in [6.45, 7) is 0.